The van der Waals surface area contributed by atoms with E-state index < -0.39 is 0 Å². The number of anilines is 1. The summed E-state index contributed by atoms with van der Waals surface area (Å²) in [6.07, 6.45) is 0. The lowest BCUT2D eigenvalue weighted by Crippen LogP contribution is -2.11. The molecule has 0 unspecified atom stereocenters. The number of nitrogens with one attached hydrogen (secondary N) is 2. The van der Waals surface area contributed by atoms with Gasteiger partial charge in [0.05, 0.1) is 0 Å². The Morgan fingerprint density at radius 3 is 2.62 bits per heavy atom. The number of hydrogen-bond donors (Lipinski definition) is 2. The van der Waals surface area contributed by atoms with Gasteiger partial charge in [-0.2, -0.15) is 5.10 Å². The predicted octanol–water partition coefficient (Wildman–Crippen LogP) is 2.93. The van der Waals surface area contributed by atoms with E-state index in [0.29, 0.717) is 11.5 Å². The van der Waals surface area contributed by atoms with E-state index in [4.69, 9.17) is 4.52 Å². The third-order valence-electron chi connectivity index (χ3n) is 3.03. The van der Waals surface area contributed by atoms with Crippen molar-refractivity contribution in [2.24, 2.45) is 0 Å². The first-order valence-electron chi connectivity index (χ1n) is 6.49. The van der Waals surface area contributed by atoms with Gasteiger partial charge in [0.25, 0.3) is 5.91 Å². The average Bonchev–Trinajstić information content (AvgIpc) is 3.09. The molecule has 1 amide bonds. The first kappa shape index (κ1) is 13.1. The van der Waals surface area contributed by atoms with Crippen molar-refractivity contribution >= 4 is 11.7 Å². The molecule has 2 aromatic heterocycles. The van der Waals surface area contributed by atoms with Gasteiger partial charge >= 0.3 is 0 Å². The molecule has 0 fully saturated rings. The zero-order valence-corrected chi connectivity index (χ0v) is 11.7. The summed E-state index contributed by atoms with van der Waals surface area (Å²) in [6.45, 7) is 3.86. The lowest BCUT2D eigenvalue weighted by atomic mass is 10.1. The quantitative estimate of drug-likeness (QED) is 0.773. The van der Waals surface area contributed by atoms with Crippen molar-refractivity contribution in [2.75, 3.05) is 5.32 Å². The van der Waals surface area contributed by atoms with Crippen LogP contribution in [0.4, 0.5) is 5.82 Å². The molecule has 0 aliphatic heterocycles. The molecule has 0 aliphatic carbocycles. The molecule has 6 nitrogen and oxygen atoms in total. The van der Waals surface area contributed by atoms with E-state index in [1.165, 1.54) is 0 Å². The van der Waals surface area contributed by atoms with Crippen LogP contribution in [0.25, 0.3) is 11.3 Å². The molecule has 0 saturated heterocycles. The zero-order valence-electron chi connectivity index (χ0n) is 11.7. The smallest absolute Gasteiger partial charge is 0.295 e. The lowest BCUT2D eigenvalue weighted by molar-refractivity contribution is 0.0987. The van der Waals surface area contributed by atoms with Crippen molar-refractivity contribution in [3.63, 3.8) is 0 Å². The Kier molecular flexibility index (Phi) is 3.27. The van der Waals surface area contributed by atoms with Gasteiger partial charge in [-0.3, -0.25) is 9.89 Å². The minimum atomic E-state index is -0.382. The summed E-state index contributed by atoms with van der Waals surface area (Å²) in [4.78, 5) is 12.0. The average molecular weight is 282 g/mol. The SMILES string of the molecule is Cc1ccc(-c2cc(C(=O)Nc3cc(C)[nH]n3)on2)cc1. The molecule has 106 valence electrons. The van der Waals surface area contributed by atoms with Gasteiger partial charge in [-0.15, -0.1) is 0 Å². The molecule has 0 spiro atoms. The van der Waals surface area contributed by atoms with Crippen molar-refractivity contribution in [1.29, 1.82) is 0 Å². The standard InChI is InChI=1S/C15H14N4O2/c1-9-3-5-11(6-4-9)12-8-13(21-19-12)15(20)16-14-7-10(2)17-18-14/h3-8H,1-2H3,(H2,16,17,18,20). The van der Waals surface area contributed by atoms with Gasteiger partial charge in [-0.25, -0.2) is 0 Å². The Morgan fingerprint density at radius 2 is 1.95 bits per heavy atom. The molecule has 2 N–H and O–H groups in total. The fourth-order valence-electron chi connectivity index (χ4n) is 1.90. The number of benzene rings is 1. The molecule has 0 aliphatic rings. The van der Waals surface area contributed by atoms with Crippen LogP contribution in [0.2, 0.25) is 0 Å². The molecule has 0 bridgehead atoms. The molecular weight excluding hydrogens is 268 g/mol. The fourth-order valence-corrected chi connectivity index (χ4v) is 1.90. The van der Waals surface area contributed by atoms with Crippen LogP contribution in [-0.4, -0.2) is 21.3 Å². The number of rotatable bonds is 3. The molecular formula is C15H14N4O2. The van der Waals surface area contributed by atoms with Gasteiger partial charge in [0.1, 0.15) is 5.69 Å². The first-order chi connectivity index (χ1) is 10.1. The molecule has 21 heavy (non-hydrogen) atoms. The Morgan fingerprint density at radius 1 is 1.19 bits per heavy atom. The second kappa shape index (κ2) is 5.24. The Bertz CT molecular complexity index is 771. The maximum atomic E-state index is 12.0. The van der Waals surface area contributed by atoms with E-state index in [-0.39, 0.29) is 11.7 Å². The van der Waals surface area contributed by atoms with Gasteiger partial charge in [0, 0.05) is 23.4 Å². The van der Waals surface area contributed by atoms with Crippen LogP contribution in [-0.2, 0) is 0 Å². The van der Waals surface area contributed by atoms with Crippen LogP contribution in [0, 0.1) is 13.8 Å². The maximum absolute atomic E-state index is 12.0. The number of nitrogens with zero attached hydrogens (tertiary/aromatic N) is 2. The van der Waals surface area contributed by atoms with Crippen LogP contribution in [0.15, 0.2) is 40.9 Å². The molecule has 3 aromatic rings. The van der Waals surface area contributed by atoms with E-state index in [2.05, 4.69) is 20.7 Å². The van der Waals surface area contributed by atoms with Crippen molar-refractivity contribution in [2.45, 2.75) is 13.8 Å². The predicted molar refractivity (Wildman–Crippen MR) is 78.0 cm³/mol. The van der Waals surface area contributed by atoms with E-state index in [0.717, 1.165) is 16.8 Å². The van der Waals surface area contributed by atoms with Crippen LogP contribution in [0.1, 0.15) is 21.8 Å². The van der Waals surface area contributed by atoms with Gasteiger partial charge in [0.2, 0.25) is 5.76 Å². The van der Waals surface area contributed by atoms with E-state index in [1.807, 2.05) is 38.1 Å². The summed E-state index contributed by atoms with van der Waals surface area (Å²) in [5.41, 5.74) is 3.55. The highest BCUT2D eigenvalue weighted by Gasteiger charge is 2.15. The van der Waals surface area contributed by atoms with Crippen LogP contribution in [0.5, 0.6) is 0 Å². The van der Waals surface area contributed by atoms with Crippen molar-refractivity contribution in [3.05, 3.63) is 53.4 Å². The van der Waals surface area contributed by atoms with Gasteiger partial charge < -0.3 is 9.84 Å². The monoisotopic (exact) mass is 282 g/mol. The highest BCUT2D eigenvalue weighted by molar-refractivity contribution is 6.02. The summed E-state index contributed by atoms with van der Waals surface area (Å²) < 4.78 is 5.09. The number of aryl methyl sites for hydroxylation is 2. The third kappa shape index (κ3) is 2.84. The van der Waals surface area contributed by atoms with Crippen molar-refractivity contribution < 1.29 is 9.32 Å². The van der Waals surface area contributed by atoms with Gasteiger partial charge in [-0.05, 0) is 13.8 Å². The highest BCUT2D eigenvalue weighted by Crippen LogP contribution is 2.20. The normalized spacial score (nSPS) is 10.6. The summed E-state index contributed by atoms with van der Waals surface area (Å²) >= 11 is 0. The molecule has 6 heteroatoms. The summed E-state index contributed by atoms with van der Waals surface area (Å²) in [7, 11) is 0. The maximum Gasteiger partial charge on any atom is 0.295 e. The molecule has 1 aromatic carbocycles. The summed E-state index contributed by atoms with van der Waals surface area (Å²) in [6, 6.07) is 11.2. The Balaban J connectivity index is 1.78. The van der Waals surface area contributed by atoms with Crippen LogP contribution >= 0.6 is 0 Å². The second-order valence-electron chi connectivity index (χ2n) is 4.83. The third-order valence-corrected chi connectivity index (χ3v) is 3.03. The highest BCUT2D eigenvalue weighted by atomic mass is 16.5. The zero-order chi connectivity index (χ0) is 14.8. The number of amides is 1. The van der Waals surface area contributed by atoms with Crippen molar-refractivity contribution in [1.82, 2.24) is 15.4 Å². The number of carbonyl (C=O) groups is 1. The topological polar surface area (TPSA) is 83.8 Å². The Hall–Kier alpha value is -2.89. The number of aromatic nitrogens is 3. The van der Waals surface area contributed by atoms with E-state index in [9.17, 15) is 4.79 Å². The molecule has 0 atom stereocenters. The van der Waals surface area contributed by atoms with Gasteiger partial charge in [-0.1, -0.05) is 35.0 Å². The van der Waals surface area contributed by atoms with Crippen LogP contribution < -0.4 is 5.32 Å². The number of aromatic amines is 1. The minimum Gasteiger partial charge on any atom is -0.350 e. The second-order valence-corrected chi connectivity index (χ2v) is 4.83. The summed E-state index contributed by atoms with van der Waals surface area (Å²) in [5.74, 6) is 0.212. The largest absolute Gasteiger partial charge is 0.350 e. The lowest BCUT2D eigenvalue weighted by Gasteiger charge is -1.96. The fraction of sp³-hybridized carbons (Fsp3) is 0.133. The first-order valence-corrected chi connectivity index (χ1v) is 6.49. The molecule has 0 saturated carbocycles. The van der Waals surface area contributed by atoms with E-state index in [1.54, 1.807) is 12.1 Å². The molecule has 3 rings (SSSR count). The number of hydrogen-bond acceptors (Lipinski definition) is 4. The van der Waals surface area contributed by atoms with E-state index >= 15 is 0 Å². The molecule has 2 heterocycles. The minimum absolute atomic E-state index is 0.145. The summed E-state index contributed by atoms with van der Waals surface area (Å²) in [5, 5.41) is 13.2. The van der Waals surface area contributed by atoms with Crippen LogP contribution in [0.3, 0.4) is 0 Å². The van der Waals surface area contributed by atoms with Crippen molar-refractivity contribution in [3.8, 4) is 11.3 Å². The Labute approximate surface area is 121 Å². The van der Waals surface area contributed by atoms with Gasteiger partial charge in [0.15, 0.2) is 5.82 Å². The molecule has 0 radical (unpaired) electrons. The number of H-pyrrole nitrogens is 1. The number of carbonyl (C=O) groups excluding carboxylic acids is 1.